The zero-order valence-electron chi connectivity index (χ0n) is 26.4. The summed E-state index contributed by atoms with van der Waals surface area (Å²) in [6, 6.07) is 7.59. The Kier molecular flexibility index (Phi) is 9.31. The van der Waals surface area contributed by atoms with Crippen molar-refractivity contribution in [2.24, 2.45) is 17.8 Å². The van der Waals surface area contributed by atoms with Crippen molar-refractivity contribution in [1.29, 1.82) is 0 Å². The van der Waals surface area contributed by atoms with Crippen LogP contribution in [0.2, 0.25) is 0 Å². The van der Waals surface area contributed by atoms with Crippen LogP contribution >= 0.6 is 0 Å². The lowest BCUT2D eigenvalue weighted by Gasteiger charge is -2.30. The molecule has 0 aromatic heterocycles. The van der Waals surface area contributed by atoms with E-state index in [0.717, 1.165) is 50.9 Å². The number of hydrogen-bond acceptors (Lipinski definition) is 8. The predicted octanol–water partition coefficient (Wildman–Crippen LogP) is 3.30. The summed E-state index contributed by atoms with van der Waals surface area (Å²) in [6.07, 6.45) is 9.73. The van der Waals surface area contributed by atoms with Gasteiger partial charge in [0, 0.05) is 32.6 Å². The molecule has 3 aliphatic carbocycles. The molecule has 2 aliphatic heterocycles. The van der Waals surface area contributed by atoms with E-state index in [1.165, 1.54) is 6.42 Å². The van der Waals surface area contributed by atoms with Gasteiger partial charge in [-0.2, -0.15) is 0 Å². The second kappa shape index (κ2) is 13.2. The molecule has 12 nitrogen and oxygen atoms in total. The Bertz CT molecular complexity index is 1490. The first-order valence-corrected chi connectivity index (χ1v) is 18.2. The normalized spacial score (nSPS) is 30.4. The third-order valence-electron chi connectivity index (χ3n) is 10.1. The highest BCUT2D eigenvalue weighted by Crippen LogP contribution is 2.47. The standard InChI is InChI=1S/C33H45N5O7S/c1-37-16-8-3-2-5-11-22-21-33(22,31(41)36-46(43,44)24-14-15-24)35-29(39)25-19-23(20-26(25)30(37)40)45-32(42)34-27-12-6-7-13-28(27)38-17-9-4-10-18-38/h5-7,11-13,22-26H,2-4,8-10,14-21H2,1H3,(H,34,42)(H,35,39)(H,36,41). The molecule has 5 aliphatic rings. The van der Waals surface area contributed by atoms with Crippen LogP contribution in [0.25, 0.3) is 0 Å². The number of para-hydroxylation sites is 2. The highest BCUT2D eigenvalue weighted by atomic mass is 32.2. The predicted molar refractivity (Wildman–Crippen MR) is 172 cm³/mol. The molecule has 1 saturated heterocycles. The van der Waals surface area contributed by atoms with Gasteiger partial charge >= 0.3 is 6.09 Å². The lowest BCUT2D eigenvalue weighted by molar-refractivity contribution is -0.140. The number of piperidine rings is 1. The van der Waals surface area contributed by atoms with Gasteiger partial charge in [-0.05, 0) is 82.8 Å². The Morgan fingerprint density at radius 1 is 0.978 bits per heavy atom. The Balaban J connectivity index is 1.18. The number of anilines is 2. The minimum absolute atomic E-state index is 0.107. The van der Waals surface area contributed by atoms with Crippen LogP contribution in [0.15, 0.2) is 36.4 Å². The Morgan fingerprint density at radius 2 is 1.70 bits per heavy atom. The fraction of sp³-hybridized carbons (Fsp3) is 0.636. The van der Waals surface area contributed by atoms with E-state index in [1.807, 2.05) is 36.4 Å². The number of rotatable bonds is 6. The lowest BCUT2D eigenvalue weighted by Crippen LogP contribution is -2.54. The molecule has 3 saturated carbocycles. The molecule has 0 spiro atoms. The molecule has 2 heterocycles. The molecule has 3 N–H and O–H groups in total. The van der Waals surface area contributed by atoms with Crippen LogP contribution in [-0.4, -0.2) is 80.7 Å². The van der Waals surface area contributed by atoms with Crippen LogP contribution in [-0.2, 0) is 29.1 Å². The van der Waals surface area contributed by atoms with E-state index < -0.39 is 56.7 Å². The van der Waals surface area contributed by atoms with Gasteiger partial charge in [0.2, 0.25) is 21.8 Å². The number of carbonyl (C=O) groups is 4. The molecule has 46 heavy (non-hydrogen) atoms. The van der Waals surface area contributed by atoms with Crippen molar-refractivity contribution in [2.75, 3.05) is 36.9 Å². The number of sulfonamides is 1. The number of nitrogens with one attached hydrogen (secondary N) is 3. The van der Waals surface area contributed by atoms with Gasteiger partial charge in [0.15, 0.2) is 0 Å². The molecular formula is C33H45N5O7S. The quantitative estimate of drug-likeness (QED) is 0.395. The molecular weight excluding hydrogens is 610 g/mol. The average Bonchev–Trinajstić information content (AvgIpc) is 3.96. The number of nitrogens with zero attached hydrogens (tertiary/aromatic N) is 2. The summed E-state index contributed by atoms with van der Waals surface area (Å²) < 4.78 is 33.3. The number of benzene rings is 1. The van der Waals surface area contributed by atoms with Crippen molar-refractivity contribution in [2.45, 2.75) is 87.5 Å². The summed E-state index contributed by atoms with van der Waals surface area (Å²) in [5, 5.41) is 5.16. The summed E-state index contributed by atoms with van der Waals surface area (Å²) in [5.74, 6) is -3.44. The van der Waals surface area contributed by atoms with Crippen molar-refractivity contribution >= 4 is 45.2 Å². The summed E-state index contributed by atoms with van der Waals surface area (Å²) in [6.45, 7) is 2.35. The van der Waals surface area contributed by atoms with Gasteiger partial charge in [-0.15, -0.1) is 0 Å². The maximum atomic E-state index is 13.9. The molecule has 4 amide bonds. The third kappa shape index (κ3) is 7.03. The molecule has 0 bridgehead atoms. The molecule has 4 fully saturated rings. The minimum atomic E-state index is -3.82. The van der Waals surface area contributed by atoms with E-state index in [0.29, 0.717) is 25.1 Å². The second-order valence-corrected chi connectivity index (χ2v) is 15.5. The van der Waals surface area contributed by atoms with Gasteiger partial charge in [0.25, 0.3) is 5.91 Å². The van der Waals surface area contributed by atoms with Crippen LogP contribution in [0.5, 0.6) is 0 Å². The van der Waals surface area contributed by atoms with Crippen molar-refractivity contribution in [1.82, 2.24) is 14.9 Å². The van der Waals surface area contributed by atoms with Crippen LogP contribution in [0, 0.1) is 17.8 Å². The second-order valence-electron chi connectivity index (χ2n) is 13.5. The van der Waals surface area contributed by atoms with Gasteiger partial charge in [0.1, 0.15) is 11.6 Å². The molecule has 6 rings (SSSR count). The number of carbonyl (C=O) groups excluding carboxylic acids is 4. The molecule has 5 atom stereocenters. The Hall–Kier alpha value is -3.61. The zero-order valence-corrected chi connectivity index (χ0v) is 27.2. The van der Waals surface area contributed by atoms with E-state index in [1.54, 1.807) is 11.9 Å². The van der Waals surface area contributed by atoms with Crippen LogP contribution in [0.1, 0.15) is 70.6 Å². The Morgan fingerprint density at radius 3 is 2.46 bits per heavy atom. The van der Waals surface area contributed by atoms with Gasteiger partial charge in [0.05, 0.1) is 28.5 Å². The van der Waals surface area contributed by atoms with Gasteiger partial charge in [-0.25, -0.2) is 13.2 Å². The van der Waals surface area contributed by atoms with Crippen molar-refractivity contribution in [3.63, 3.8) is 0 Å². The van der Waals surface area contributed by atoms with E-state index in [-0.39, 0.29) is 31.1 Å². The molecule has 0 radical (unpaired) electrons. The third-order valence-corrected chi connectivity index (χ3v) is 11.9. The van der Waals surface area contributed by atoms with E-state index in [2.05, 4.69) is 20.3 Å². The zero-order chi connectivity index (χ0) is 32.5. The van der Waals surface area contributed by atoms with Crippen molar-refractivity contribution < 1.29 is 32.3 Å². The van der Waals surface area contributed by atoms with Crippen molar-refractivity contribution in [3.05, 3.63) is 36.4 Å². The fourth-order valence-corrected chi connectivity index (χ4v) is 8.54. The molecule has 1 aromatic carbocycles. The summed E-state index contributed by atoms with van der Waals surface area (Å²) in [4.78, 5) is 58.1. The summed E-state index contributed by atoms with van der Waals surface area (Å²) >= 11 is 0. The minimum Gasteiger partial charge on any atom is -0.446 e. The SMILES string of the molecule is CN1CCCCC=CC2CC2(C(=O)NS(=O)(=O)C2CC2)NC(=O)C2CC(OC(=O)Nc3ccccc3N3CCCCC3)CC2C1=O. The molecule has 13 heteroatoms. The average molecular weight is 656 g/mol. The lowest BCUT2D eigenvalue weighted by atomic mass is 9.93. The first kappa shape index (κ1) is 32.3. The highest BCUT2D eigenvalue weighted by Gasteiger charge is 2.62. The highest BCUT2D eigenvalue weighted by molar-refractivity contribution is 7.91. The molecule has 250 valence electrons. The van der Waals surface area contributed by atoms with Crippen LogP contribution < -0.4 is 20.3 Å². The topological polar surface area (TPSA) is 154 Å². The maximum absolute atomic E-state index is 13.9. The Labute approximate surface area is 270 Å². The summed E-state index contributed by atoms with van der Waals surface area (Å²) in [7, 11) is -2.11. The number of ether oxygens (including phenoxy) is 1. The van der Waals surface area contributed by atoms with Gasteiger partial charge in [-0.3, -0.25) is 24.4 Å². The maximum Gasteiger partial charge on any atom is 0.411 e. The van der Waals surface area contributed by atoms with Crippen molar-refractivity contribution in [3.8, 4) is 0 Å². The van der Waals surface area contributed by atoms with E-state index >= 15 is 0 Å². The van der Waals surface area contributed by atoms with Crippen LogP contribution in [0.4, 0.5) is 16.2 Å². The smallest absolute Gasteiger partial charge is 0.411 e. The van der Waals surface area contributed by atoms with Gasteiger partial charge < -0.3 is 19.9 Å². The van der Waals surface area contributed by atoms with Crippen LogP contribution in [0.3, 0.4) is 0 Å². The largest absolute Gasteiger partial charge is 0.446 e. The first-order chi connectivity index (χ1) is 22.1. The molecule has 1 aromatic rings. The van der Waals surface area contributed by atoms with Gasteiger partial charge in [-0.1, -0.05) is 24.3 Å². The van der Waals surface area contributed by atoms with E-state index in [4.69, 9.17) is 4.74 Å². The first-order valence-electron chi connectivity index (χ1n) is 16.7. The summed E-state index contributed by atoms with van der Waals surface area (Å²) in [5.41, 5.74) is 0.157. The van der Waals surface area contributed by atoms with E-state index in [9.17, 15) is 27.6 Å². The molecule has 5 unspecified atom stereocenters. The number of hydrogen-bond donors (Lipinski definition) is 3. The monoisotopic (exact) mass is 655 g/mol. The number of amides is 4. The number of allylic oxidation sites excluding steroid dienone is 1. The number of fused-ring (bicyclic) bond motifs is 2. The fourth-order valence-electron chi connectivity index (χ4n) is 7.17.